The van der Waals surface area contributed by atoms with Gasteiger partial charge in [-0.3, -0.25) is 14.9 Å². The van der Waals surface area contributed by atoms with E-state index in [4.69, 9.17) is 0 Å². The molecule has 1 heterocycles. The van der Waals surface area contributed by atoms with Crippen LogP contribution in [0.3, 0.4) is 0 Å². The van der Waals surface area contributed by atoms with Crippen molar-refractivity contribution < 1.29 is 19.2 Å². The maximum atomic E-state index is 13.8. The van der Waals surface area contributed by atoms with Crippen molar-refractivity contribution in [1.82, 2.24) is 4.90 Å². The molecule has 1 unspecified atom stereocenters. The van der Waals surface area contributed by atoms with Crippen molar-refractivity contribution in [2.24, 2.45) is 0 Å². The van der Waals surface area contributed by atoms with Crippen LogP contribution in [-0.2, 0) is 0 Å². The number of hydrogen-bond acceptors (Lipinski definition) is 4. The number of nitro groups is 1. The van der Waals surface area contributed by atoms with E-state index in [2.05, 4.69) is 0 Å². The van der Waals surface area contributed by atoms with Gasteiger partial charge in [-0.2, -0.15) is 0 Å². The van der Waals surface area contributed by atoms with Gasteiger partial charge in [0.25, 0.3) is 11.6 Å². The SMILES string of the molecule is O=C(c1cc([N+](=O)[O-])ccc1F)N1CCCCCC1CO. The van der Waals surface area contributed by atoms with Gasteiger partial charge in [0, 0.05) is 18.7 Å². The second kappa shape index (κ2) is 6.62. The molecule has 1 aliphatic heterocycles. The minimum atomic E-state index is -0.786. The largest absolute Gasteiger partial charge is 0.394 e. The number of nitrogens with zero attached hydrogens (tertiary/aromatic N) is 2. The lowest BCUT2D eigenvalue weighted by Crippen LogP contribution is -2.42. The quantitative estimate of drug-likeness (QED) is 0.684. The molecule has 0 saturated carbocycles. The topological polar surface area (TPSA) is 83.7 Å². The van der Waals surface area contributed by atoms with Gasteiger partial charge >= 0.3 is 0 Å². The summed E-state index contributed by atoms with van der Waals surface area (Å²) < 4.78 is 13.8. The van der Waals surface area contributed by atoms with Crippen LogP contribution < -0.4 is 0 Å². The molecule has 21 heavy (non-hydrogen) atoms. The zero-order valence-electron chi connectivity index (χ0n) is 11.5. The summed E-state index contributed by atoms with van der Waals surface area (Å²) in [5.41, 5.74) is -0.639. The summed E-state index contributed by atoms with van der Waals surface area (Å²) in [5.74, 6) is -1.39. The Kier molecular flexibility index (Phi) is 4.85. The van der Waals surface area contributed by atoms with Crippen molar-refractivity contribution in [3.63, 3.8) is 0 Å². The molecule has 1 amide bonds. The van der Waals surface area contributed by atoms with E-state index in [0.717, 1.165) is 37.5 Å². The molecule has 1 saturated heterocycles. The van der Waals surface area contributed by atoms with Crippen LogP contribution in [-0.4, -0.2) is 40.0 Å². The van der Waals surface area contributed by atoms with Crippen molar-refractivity contribution in [2.45, 2.75) is 31.7 Å². The molecule has 1 N–H and O–H groups in total. The fourth-order valence-corrected chi connectivity index (χ4v) is 2.58. The fourth-order valence-electron chi connectivity index (χ4n) is 2.58. The molecule has 1 aliphatic rings. The number of carbonyl (C=O) groups excluding carboxylic acids is 1. The molecule has 6 nitrogen and oxygen atoms in total. The molecule has 0 spiro atoms. The molecule has 0 radical (unpaired) electrons. The molecular weight excluding hydrogens is 279 g/mol. The third-order valence-corrected chi connectivity index (χ3v) is 3.74. The van der Waals surface area contributed by atoms with Gasteiger partial charge in [0.15, 0.2) is 0 Å². The zero-order chi connectivity index (χ0) is 15.4. The Bertz CT molecular complexity index is 550. The number of carbonyl (C=O) groups is 1. The van der Waals surface area contributed by atoms with Gasteiger partial charge in [-0.15, -0.1) is 0 Å². The molecule has 0 aromatic heterocycles. The first-order valence-corrected chi connectivity index (χ1v) is 6.90. The summed E-state index contributed by atoms with van der Waals surface area (Å²) >= 11 is 0. The zero-order valence-corrected chi connectivity index (χ0v) is 11.5. The number of halogens is 1. The maximum Gasteiger partial charge on any atom is 0.270 e. The third-order valence-electron chi connectivity index (χ3n) is 3.74. The fraction of sp³-hybridized carbons (Fsp3) is 0.500. The number of aliphatic hydroxyl groups excluding tert-OH is 1. The van der Waals surface area contributed by atoms with Gasteiger partial charge in [0.1, 0.15) is 5.82 Å². The molecule has 0 bridgehead atoms. The summed E-state index contributed by atoms with van der Waals surface area (Å²) in [6.45, 7) is 0.231. The first kappa shape index (κ1) is 15.4. The van der Waals surface area contributed by atoms with Gasteiger partial charge in [0.2, 0.25) is 0 Å². The molecule has 114 valence electrons. The summed E-state index contributed by atoms with van der Waals surface area (Å²) in [6.07, 6.45) is 3.27. The Balaban J connectivity index is 2.33. The van der Waals surface area contributed by atoms with Gasteiger partial charge in [0.05, 0.1) is 23.1 Å². The van der Waals surface area contributed by atoms with E-state index in [1.807, 2.05) is 0 Å². The average Bonchev–Trinajstić information content (AvgIpc) is 2.71. The van der Waals surface area contributed by atoms with E-state index in [1.165, 1.54) is 4.90 Å². The normalized spacial score (nSPS) is 19.1. The Labute approximate surface area is 121 Å². The first-order valence-electron chi connectivity index (χ1n) is 6.90. The van der Waals surface area contributed by atoms with Crippen molar-refractivity contribution in [3.05, 3.63) is 39.7 Å². The molecule has 1 aromatic rings. The minimum absolute atomic E-state index is 0.192. The van der Waals surface area contributed by atoms with Crippen molar-refractivity contribution in [1.29, 1.82) is 0 Å². The van der Waals surface area contributed by atoms with E-state index < -0.39 is 16.6 Å². The Morgan fingerprint density at radius 3 is 2.86 bits per heavy atom. The van der Waals surface area contributed by atoms with Crippen molar-refractivity contribution in [3.8, 4) is 0 Å². The highest BCUT2D eigenvalue weighted by atomic mass is 19.1. The maximum absolute atomic E-state index is 13.8. The first-order chi connectivity index (χ1) is 10.0. The Morgan fingerprint density at radius 2 is 2.19 bits per heavy atom. The van der Waals surface area contributed by atoms with Gasteiger partial charge < -0.3 is 10.0 Å². The van der Waals surface area contributed by atoms with Gasteiger partial charge in [-0.05, 0) is 18.9 Å². The molecule has 7 heteroatoms. The predicted octanol–water partition coefficient (Wildman–Crippen LogP) is 2.11. The number of non-ortho nitro benzene ring substituents is 1. The molecule has 2 rings (SSSR count). The lowest BCUT2D eigenvalue weighted by molar-refractivity contribution is -0.384. The highest BCUT2D eigenvalue weighted by molar-refractivity contribution is 5.95. The van der Waals surface area contributed by atoms with E-state index in [0.29, 0.717) is 13.0 Å². The summed E-state index contributed by atoms with van der Waals surface area (Å²) in [6, 6.07) is 2.55. The molecule has 1 aromatic carbocycles. The van der Waals surface area contributed by atoms with E-state index in [1.54, 1.807) is 0 Å². The smallest absolute Gasteiger partial charge is 0.270 e. The minimum Gasteiger partial charge on any atom is -0.394 e. The van der Waals surface area contributed by atoms with Crippen LogP contribution in [0.15, 0.2) is 18.2 Å². The predicted molar refractivity (Wildman–Crippen MR) is 73.4 cm³/mol. The second-order valence-electron chi connectivity index (χ2n) is 5.11. The third kappa shape index (κ3) is 3.36. The molecular formula is C14H17FN2O4. The number of hydrogen-bond donors (Lipinski definition) is 1. The van der Waals surface area contributed by atoms with Crippen LogP contribution in [0.5, 0.6) is 0 Å². The number of rotatable bonds is 3. The van der Waals surface area contributed by atoms with Crippen LogP contribution in [0.25, 0.3) is 0 Å². The van der Waals surface area contributed by atoms with E-state index in [-0.39, 0.29) is 23.9 Å². The summed E-state index contributed by atoms with van der Waals surface area (Å²) in [5, 5.41) is 20.2. The summed E-state index contributed by atoms with van der Waals surface area (Å²) in [4.78, 5) is 24.0. The lowest BCUT2D eigenvalue weighted by atomic mass is 10.1. The summed E-state index contributed by atoms with van der Waals surface area (Å²) in [7, 11) is 0. The molecule has 0 aliphatic carbocycles. The number of nitro benzene ring substituents is 1. The Morgan fingerprint density at radius 1 is 1.43 bits per heavy atom. The van der Waals surface area contributed by atoms with Crippen LogP contribution in [0.4, 0.5) is 10.1 Å². The molecule has 1 atom stereocenters. The van der Waals surface area contributed by atoms with Gasteiger partial charge in [-0.1, -0.05) is 12.8 Å². The van der Waals surface area contributed by atoms with Gasteiger partial charge in [-0.25, -0.2) is 4.39 Å². The standard InChI is InChI=1S/C14H17FN2O4/c15-13-6-5-10(17(20)21)8-12(13)14(19)16-7-3-1-2-4-11(16)9-18/h5-6,8,11,18H,1-4,7,9H2. The van der Waals surface area contributed by atoms with Crippen LogP contribution in [0, 0.1) is 15.9 Å². The number of amides is 1. The Hall–Kier alpha value is -2.02. The highest BCUT2D eigenvalue weighted by Crippen LogP contribution is 2.23. The van der Waals surface area contributed by atoms with E-state index in [9.17, 15) is 24.4 Å². The van der Waals surface area contributed by atoms with Crippen LogP contribution >= 0.6 is 0 Å². The second-order valence-corrected chi connectivity index (χ2v) is 5.11. The average molecular weight is 296 g/mol. The molecule has 1 fully saturated rings. The number of likely N-dealkylation sites (tertiary alicyclic amines) is 1. The van der Waals surface area contributed by atoms with Crippen molar-refractivity contribution >= 4 is 11.6 Å². The monoisotopic (exact) mass is 296 g/mol. The number of aliphatic hydroxyl groups is 1. The van der Waals surface area contributed by atoms with Crippen LogP contribution in [0.2, 0.25) is 0 Å². The van der Waals surface area contributed by atoms with Crippen LogP contribution in [0.1, 0.15) is 36.0 Å². The lowest BCUT2D eigenvalue weighted by Gasteiger charge is -2.28. The number of benzene rings is 1. The van der Waals surface area contributed by atoms with E-state index >= 15 is 0 Å². The van der Waals surface area contributed by atoms with Crippen molar-refractivity contribution in [2.75, 3.05) is 13.2 Å². The highest BCUT2D eigenvalue weighted by Gasteiger charge is 2.28.